The Labute approximate surface area is 156 Å². The summed E-state index contributed by atoms with van der Waals surface area (Å²) in [4.78, 5) is 29.5. The summed E-state index contributed by atoms with van der Waals surface area (Å²) >= 11 is 0. The number of pyridine rings is 1. The molecule has 8 nitrogen and oxygen atoms in total. The number of nitrogens with two attached hydrogens (primary N) is 1. The van der Waals surface area contributed by atoms with E-state index in [1.165, 1.54) is 4.90 Å². The Kier molecular flexibility index (Phi) is 3.97. The SMILES string of the molecule is CN1CCC(O)(C#Cc2ccnc(-n3nc(C(N)=O)c4c3CCC4)c2)C1=O. The fraction of sp³-hybridized carbons (Fsp3) is 0.368. The fourth-order valence-electron chi connectivity index (χ4n) is 3.58. The van der Waals surface area contributed by atoms with Crippen molar-refractivity contribution >= 4 is 11.8 Å². The molecule has 4 rings (SSSR count). The van der Waals surface area contributed by atoms with Crippen molar-refractivity contribution in [3.05, 3.63) is 40.8 Å². The first-order valence-corrected chi connectivity index (χ1v) is 8.77. The molecule has 0 aromatic carbocycles. The van der Waals surface area contributed by atoms with Crippen molar-refractivity contribution in [1.82, 2.24) is 19.7 Å². The number of likely N-dealkylation sites (N-methyl/N-ethyl adjacent to an activating group) is 1. The average molecular weight is 365 g/mol. The predicted molar refractivity (Wildman–Crippen MR) is 96.0 cm³/mol. The van der Waals surface area contributed by atoms with Crippen LogP contribution in [0.1, 0.15) is 40.2 Å². The average Bonchev–Trinajstić information content (AvgIpc) is 3.32. The summed E-state index contributed by atoms with van der Waals surface area (Å²) in [5.41, 5.74) is 6.50. The second-order valence-corrected chi connectivity index (χ2v) is 6.89. The Hall–Kier alpha value is -3.18. The zero-order chi connectivity index (χ0) is 19.2. The van der Waals surface area contributed by atoms with Crippen LogP contribution < -0.4 is 5.73 Å². The van der Waals surface area contributed by atoms with Gasteiger partial charge in [0, 0.05) is 37.3 Å². The van der Waals surface area contributed by atoms with E-state index in [4.69, 9.17) is 5.73 Å². The number of aromatic nitrogens is 3. The summed E-state index contributed by atoms with van der Waals surface area (Å²) < 4.78 is 1.64. The molecule has 27 heavy (non-hydrogen) atoms. The molecule has 0 radical (unpaired) electrons. The molecule has 1 fully saturated rings. The molecule has 3 heterocycles. The van der Waals surface area contributed by atoms with Crippen LogP contribution in [0.4, 0.5) is 0 Å². The summed E-state index contributed by atoms with van der Waals surface area (Å²) in [7, 11) is 1.64. The summed E-state index contributed by atoms with van der Waals surface area (Å²) in [6, 6.07) is 3.41. The van der Waals surface area contributed by atoms with Crippen LogP contribution in [0.15, 0.2) is 18.3 Å². The number of carbonyl (C=O) groups is 2. The summed E-state index contributed by atoms with van der Waals surface area (Å²) in [5.74, 6) is 5.14. The monoisotopic (exact) mass is 365 g/mol. The fourth-order valence-corrected chi connectivity index (χ4v) is 3.58. The van der Waals surface area contributed by atoms with Gasteiger partial charge in [0.05, 0.1) is 5.69 Å². The second-order valence-electron chi connectivity index (χ2n) is 6.89. The maximum absolute atomic E-state index is 12.0. The van der Waals surface area contributed by atoms with Crippen LogP contribution in [0, 0.1) is 11.8 Å². The summed E-state index contributed by atoms with van der Waals surface area (Å²) in [6.07, 6.45) is 4.38. The molecule has 0 bridgehead atoms. The van der Waals surface area contributed by atoms with E-state index >= 15 is 0 Å². The number of fused-ring (bicyclic) bond motifs is 1. The van der Waals surface area contributed by atoms with E-state index in [0.29, 0.717) is 17.9 Å². The molecule has 2 aromatic rings. The minimum Gasteiger partial charge on any atom is -0.369 e. The van der Waals surface area contributed by atoms with E-state index in [2.05, 4.69) is 21.9 Å². The first-order chi connectivity index (χ1) is 12.9. The van der Waals surface area contributed by atoms with Crippen molar-refractivity contribution in [1.29, 1.82) is 0 Å². The van der Waals surface area contributed by atoms with Crippen LogP contribution in [0.5, 0.6) is 0 Å². The minimum atomic E-state index is -1.65. The lowest BCUT2D eigenvalue weighted by Crippen LogP contribution is -2.37. The van der Waals surface area contributed by atoms with Gasteiger partial charge >= 0.3 is 0 Å². The molecule has 2 amide bonds. The van der Waals surface area contributed by atoms with Crippen LogP contribution in [0.3, 0.4) is 0 Å². The number of hydrogen-bond acceptors (Lipinski definition) is 5. The van der Waals surface area contributed by atoms with Gasteiger partial charge in [-0.3, -0.25) is 9.59 Å². The zero-order valence-electron chi connectivity index (χ0n) is 14.9. The van der Waals surface area contributed by atoms with Crippen LogP contribution in [-0.4, -0.2) is 55.8 Å². The van der Waals surface area contributed by atoms with Gasteiger partial charge in [0.25, 0.3) is 11.8 Å². The molecule has 1 aliphatic carbocycles. The Morgan fingerprint density at radius 1 is 1.41 bits per heavy atom. The van der Waals surface area contributed by atoms with Gasteiger partial charge in [-0.2, -0.15) is 5.10 Å². The quantitative estimate of drug-likeness (QED) is 0.716. The van der Waals surface area contributed by atoms with Gasteiger partial charge in [0.15, 0.2) is 11.5 Å². The molecule has 8 heteroatoms. The van der Waals surface area contributed by atoms with Crippen molar-refractivity contribution in [3.8, 4) is 17.7 Å². The molecule has 1 atom stereocenters. The lowest BCUT2D eigenvalue weighted by Gasteiger charge is -2.13. The maximum atomic E-state index is 12.0. The van der Waals surface area contributed by atoms with Crippen molar-refractivity contribution in [2.24, 2.45) is 5.73 Å². The van der Waals surface area contributed by atoms with Gasteiger partial charge in [0.1, 0.15) is 0 Å². The summed E-state index contributed by atoms with van der Waals surface area (Å²) in [5, 5.41) is 14.8. The van der Waals surface area contributed by atoms with Crippen LogP contribution >= 0.6 is 0 Å². The number of amides is 2. The van der Waals surface area contributed by atoms with Crippen molar-refractivity contribution in [2.45, 2.75) is 31.3 Å². The summed E-state index contributed by atoms with van der Waals surface area (Å²) in [6.45, 7) is 0.473. The molecule has 3 N–H and O–H groups in total. The van der Waals surface area contributed by atoms with Gasteiger partial charge < -0.3 is 15.7 Å². The highest BCUT2D eigenvalue weighted by Crippen LogP contribution is 2.27. The van der Waals surface area contributed by atoms with Gasteiger partial charge in [-0.25, -0.2) is 9.67 Å². The highest BCUT2D eigenvalue weighted by Gasteiger charge is 2.42. The number of carbonyl (C=O) groups excluding carboxylic acids is 2. The Balaban J connectivity index is 1.70. The third-order valence-electron chi connectivity index (χ3n) is 5.05. The van der Waals surface area contributed by atoms with E-state index < -0.39 is 11.5 Å². The maximum Gasteiger partial charge on any atom is 0.269 e. The first-order valence-electron chi connectivity index (χ1n) is 8.77. The van der Waals surface area contributed by atoms with Crippen LogP contribution in [0.25, 0.3) is 5.82 Å². The predicted octanol–water partition coefficient (Wildman–Crippen LogP) is -0.200. The molecule has 2 aliphatic rings. The van der Waals surface area contributed by atoms with Crippen molar-refractivity contribution in [2.75, 3.05) is 13.6 Å². The Morgan fingerprint density at radius 3 is 2.93 bits per heavy atom. The second kappa shape index (κ2) is 6.21. The smallest absolute Gasteiger partial charge is 0.269 e. The van der Waals surface area contributed by atoms with Crippen LogP contribution in [-0.2, 0) is 17.6 Å². The van der Waals surface area contributed by atoms with Crippen molar-refractivity contribution in [3.63, 3.8) is 0 Å². The highest BCUT2D eigenvalue weighted by molar-refractivity contribution is 5.93. The van der Waals surface area contributed by atoms with Crippen molar-refractivity contribution < 1.29 is 14.7 Å². The van der Waals surface area contributed by atoms with E-state index in [1.807, 2.05) is 0 Å². The third-order valence-corrected chi connectivity index (χ3v) is 5.05. The number of rotatable bonds is 2. The Bertz CT molecular complexity index is 1020. The first kappa shape index (κ1) is 17.2. The molecule has 0 saturated carbocycles. The van der Waals surface area contributed by atoms with Gasteiger partial charge in [-0.05, 0) is 31.4 Å². The van der Waals surface area contributed by atoms with Gasteiger partial charge in [-0.15, -0.1) is 0 Å². The topological polar surface area (TPSA) is 114 Å². The normalized spacial score (nSPS) is 21.1. The van der Waals surface area contributed by atoms with E-state index in [1.54, 1.807) is 30.1 Å². The molecular weight excluding hydrogens is 346 g/mol. The van der Waals surface area contributed by atoms with Gasteiger partial charge in [-0.1, -0.05) is 11.8 Å². The third kappa shape index (κ3) is 2.86. The number of nitrogens with zero attached hydrogens (tertiary/aromatic N) is 4. The number of primary amides is 1. The molecule has 2 aromatic heterocycles. The van der Waals surface area contributed by atoms with E-state index in [0.717, 1.165) is 30.5 Å². The minimum absolute atomic E-state index is 0.280. The van der Waals surface area contributed by atoms with E-state index in [-0.39, 0.29) is 18.0 Å². The molecule has 1 aliphatic heterocycles. The lowest BCUT2D eigenvalue weighted by atomic mass is 10.0. The highest BCUT2D eigenvalue weighted by atomic mass is 16.3. The molecule has 1 saturated heterocycles. The lowest BCUT2D eigenvalue weighted by molar-refractivity contribution is -0.137. The molecular formula is C19H19N5O3. The number of aliphatic hydroxyl groups is 1. The van der Waals surface area contributed by atoms with Gasteiger partial charge in [0.2, 0.25) is 5.60 Å². The standard InChI is InChI=1S/C19H19N5O3/c1-23-10-8-19(27,18(23)26)7-5-12-6-9-21-15(11-12)24-14-4-2-3-13(14)16(22-24)17(20)25/h6,9,11,27H,2-4,8,10H2,1H3,(H2,20,25). The molecule has 0 spiro atoms. The number of likely N-dealkylation sites (tertiary alicyclic amines) is 1. The van der Waals surface area contributed by atoms with E-state index in [9.17, 15) is 14.7 Å². The molecule has 138 valence electrons. The Morgan fingerprint density at radius 2 is 2.22 bits per heavy atom. The zero-order valence-corrected chi connectivity index (χ0v) is 14.9. The number of hydrogen-bond donors (Lipinski definition) is 2. The largest absolute Gasteiger partial charge is 0.369 e. The molecule has 1 unspecified atom stereocenters. The van der Waals surface area contributed by atoms with Crippen LogP contribution in [0.2, 0.25) is 0 Å².